The van der Waals surface area contributed by atoms with E-state index in [-0.39, 0.29) is 16.3 Å². The van der Waals surface area contributed by atoms with Crippen molar-refractivity contribution in [1.82, 2.24) is 4.98 Å². The third-order valence-electron chi connectivity index (χ3n) is 2.40. The molecule has 0 saturated heterocycles. The van der Waals surface area contributed by atoms with Gasteiger partial charge in [0.25, 0.3) is 0 Å². The van der Waals surface area contributed by atoms with Crippen LogP contribution in [0.1, 0.15) is 5.56 Å². The van der Waals surface area contributed by atoms with Crippen LogP contribution in [0.2, 0.25) is 5.02 Å². The van der Waals surface area contributed by atoms with Gasteiger partial charge in [-0.25, -0.2) is 0 Å². The number of pyridine rings is 1. The zero-order valence-corrected chi connectivity index (χ0v) is 9.96. The number of benzene rings is 1. The normalized spacial score (nSPS) is 11.6. The molecule has 2 aromatic rings. The van der Waals surface area contributed by atoms with E-state index in [1.807, 2.05) is 0 Å². The van der Waals surface area contributed by atoms with Crippen LogP contribution in [0, 0.1) is 0 Å². The van der Waals surface area contributed by atoms with E-state index in [9.17, 15) is 23.4 Å². The molecule has 1 N–H and O–H groups in total. The first-order chi connectivity index (χ1) is 8.79. The Kier molecular flexibility index (Phi) is 3.28. The van der Waals surface area contributed by atoms with Gasteiger partial charge in [-0.15, -0.1) is 0 Å². The molecule has 0 bridgehead atoms. The lowest BCUT2D eigenvalue weighted by molar-refractivity contribution is -0.137. The lowest BCUT2D eigenvalue weighted by Crippen LogP contribution is -2.05. The molecular weight excluding hydrogens is 283 g/mol. The second-order valence-electron chi connectivity index (χ2n) is 3.73. The van der Waals surface area contributed by atoms with Gasteiger partial charge in [0.1, 0.15) is 0 Å². The van der Waals surface area contributed by atoms with Crippen molar-refractivity contribution in [3.05, 3.63) is 41.0 Å². The molecule has 0 atom stereocenters. The minimum absolute atomic E-state index is 0.0602. The summed E-state index contributed by atoms with van der Waals surface area (Å²) in [5.41, 5.74) is -0.647. The van der Waals surface area contributed by atoms with Crippen molar-refractivity contribution in [3.8, 4) is 22.8 Å². The van der Waals surface area contributed by atoms with E-state index in [1.165, 1.54) is 6.07 Å². The van der Waals surface area contributed by atoms with Crippen molar-refractivity contribution in [2.75, 3.05) is 0 Å². The van der Waals surface area contributed by atoms with Crippen LogP contribution in [0.15, 0.2) is 30.5 Å². The van der Waals surface area contributed by atoms with Gasteiger partial charge < -0.3 is 5.11 Å². The Labute approximate surface area is 110 Å². The van der Waals surface area contributed by atoms with Crippen LogP contribution in [-0.4, -0.2) is 10.1 Å². The SMILES string of the molecule is [O]c1ccc(-c2ncc(C(F)(F)F)cc2Cl)cc1O. The Morgan fingerprint density at radius 1 is 1.21 bits per heavy atom. The topological polar surface area (TPSA) is 53.0 Å². The summed E-state index contributed by atoms with van der Waals surface area (Å²) in [5.74, 6) is -1.11. The van der Waals surface area contributed by atoms with Gasteiger partial charge in [0.15, 0.2) is 5.75 Å². The number of rotatable bonds is 1. The van der Waals surface area contributed by atoms with Gasteiger partial charge in [0.2, 0.25) is 5.75 Å². The van der Waals surface area contributed by atoms with Crippen LogP contribution in [0.3, 0.4) is 0 Å². The van der Waals surface area contributed by atoms with E-state index < -0.39 is 23.2 Å². The summed E-state index contributed by atoms with van der Waals surface area (Å²) in [4.78, 5) is 3.62. The van der Waals surface area contributed by atoms with Crippen LogP contribution in [0.4, 0.5) is 13.2 Å². The molecule has 0 aliphatic heterocycles. The molecule has 0 spiro atoms. The van der Waals surface area contributed by atoms with Crippen LogP contribution >= 0.6 is 11.6 Å². The molecule has 2 rings (SSSR count). The maximum Gasteiger partial charge on any atom is 0.417 e. The maximum atomic E-state index is 12.4. The van der Waals surface area contributed by atoms with E-state index in [4.69, 9.17) is 11.6 Å². The van der Waals surface area contributed by atoms with Crippen LogP contribution in [0.5, 0.6) is 11.5 Å². The number of phenolic OH excluding ortho intramolecular Hbond substituents is 1. The summed E-state index contributed by atoms with van der Waals surface area (Å²) >= 11 is 5.74. The zero-order valence-electron chi connectivity index (χ0n) is 9.20. The number of phenols is 1. The molecule has 1 heterocycles. The Morgan fingerprint density at radius 3 is 2.42 bits per heavy atom. The number of hydrogen-bond acceptors (Lipinski definition) is 2. The molecular formula is C12H6ClF3NO2. The lowest BCUT2D eigenvalue weighted by atomic mass is 10.1. The lowest BCUT2D eigenvalue weighted by Gasteiger charge is -2.09. The summed E-state index contributed by atoms with van der Waals surface area (Å²) < 4.78 is 37.3. The molecule has 0 saturated carbocycles. The summed E-state index contributed by atoms with van der Waals surface area (Å²) in [7, 11) is 0. The molecule has 0 fully saturated rings. The number of aromatic nitrogens is 1. The van der Waals surface area contributed by atoms with Crippen molar-refractivity contribution in [1.29, 1.82) is 0 Å². The summed E-state index contributed by atoms with van der Waals surface area (Å²) in [6, 6.07) is 4.25. The van der Waals surface area contributed by atoms with Gasteiger partial charge in [0.05, 0.1) is 16.3 Å². The minimum Gasteiger partial charge on any atom is -0.504 e. The van der Waals surface area contributed by atoms with Gasteiger partial charge in [0, 0.05) is 11.8 Å². The average molecular weight is 289 g/mol. The first-order valence-corrected chi connectivity index (χ1v) is 5.40. The Balaban J connectivity index is 2.49. The Hall–Kier alpha value is -1.95. The van der Waals surface area contributed by atoms with E-state index in [2.05, 4.69) is 4.98 Å². The second-order valence-corrected chi connectivity index (χ2v) is 4.14. The molecule has 19 heavy (non-hydrogen) atoms. The average Bonchev–Trinajstić information content (AvgIpc) is 2.31. The fourth-order valence-electron chi connectivity index (χ4n) is 1.47. The summed E-state index contributed by atoms with van der Waals surface area (Å²) in [6.45, 7) is 0. The Bertz CT molecular complexity index is 629. The highest BCUT2D eigenvalue weighted by Gasteiger charge is 2.31. The van der Waals surface area contributed by atoms with Crippen molar-refractivity contribution >= 4 is 11.6 Å². The van der Waals surface area contributed by atoms with Crippen LogP contribution < -0.4 is 0 Å². The van der Waals surface area contributed by atoms with Crippen molar-refractivity contribution in [3.63, 3.8) is 0 Å². The van der Waals surface area contributed by atoms with Crippen LogP contribution in [-0.2, 0) is 11.3 Å². The number of halogens is 4. The van der Waals surface area contributed by atoms with Gasteiger partial charge in [-0.2, -0.15) is 13.2 Å². The molecule has 1 aromatic carbocycles. The highest BCUT2D eigenvalue weighted by molar-refractivity contribution is 6.33. The van der Waals surface area contributed by atoms with Crippen molar-refractivity contribution in [2.45, 2.75) is 6.18 Å². The Morgan fingerprint density at radius 2 is 1.89 bits per heavy atom. The number of nitrogens with zero attached hydrogens (tertiary/aromatic N) is 1. The summed E-state index contributed by atoms with van der Waals surface area (Å²) in [6.07, 6.45) is -3.89. The first kappa shape index (κ1) is 13.5. The van der Waals surface area contributed by atoms with E-state index in [0.717, 1.165) is 18.2 Å². The second kappa shape index (κ2) is 4.62. The quantitative estimate of drug-likeness (QED) is 0.852. The smallest absolute Gasteiger partial charge is 0.417 e. The van der Waals surface area contributed by atoms with E-state index in [0.29, 0.717) is 6.20 Å². The number of alkyl halides is 3. The molecule has 3 nitrogen and oxygen atoms in total. The molecule has 0 aliphatic rings. The maximum absolute atomic E-state index is 12.4. The molecule has 1 radical (unpaired) electrons. The number of aromatic hydroxyl groups is 1. The van der Waals surface area contributed by atoms with Crippen LogP contribution in [0.25, 0.3) is 11.3 Å². The standard InChI is InChI=1S/C12H6ClF3NO2/c13-8-4-7(12(14,15)16)5-17-11(8)6-1-2-9(18)10(19)3-6/h1-5,19H. The molecule has 0 aliphatic carbocycles. The molecule has 1 aromatic heterocycles. The largest absolute Gasteiger partial charge is 0.504 e. The fraction of sp³-hybridized carbons (Fsp3) is 0.0833. The predicted octanol–water partition coefficient (Wildman–Crippen LogP) is 4.27. The molecule has 99 valence electrons. The van der Waals surface area contributed by atoms with Gasteiger partial charge in [-0.05, 0) is 24.3 Å². The zero-order chi connectivity index (χ0) is 14.2. The van der Waals surface area contributed by atoms with Crippen molar-refractivity contribution in [2.24, 2.45) is 0 Å². The molecule has 0 amide bonds. The van der Waals surface area contributed by atoms with E-state index in [1.54, 1.807) is 0 Å². The third kappa shape index (κ3) is 2.73. The minimum atomic E-state index is -4.53. The first-order valence-electron chi connectivity index (χ1n) is 5.02. The van der Waals surface area contributed by atoms with Gasteiger partial charge in [-0.3, -0.25) is 10.1 Å². The third-order valence-corrected chi connectivity index (χ3v) is 2.69. The molecule has 7 heteroatoms. The monoisotopic (exact) mass is 288 g/mol. The van der Waals surface area contributed by atoms with Gasteiger partial charge in [-0.1, -0.05) is 11.6 Å². The van der Waals surface area contributed by atoms with Gasteiger partial charge >= 0.3 is 6.18 Å². The van der Waals surface area contributed by atoms with E-state index >= 15 is 0 Å². The number of hydrogen-bond donors (Lipinski definition) is 1. The summed E-state index contributed by atoms with van der Waals surface area (Å²) in [5, 5.41) is 20.1. The highest BCUT2D eigenvalue weighted by Crippen LogP contribution is 2.36. The highest BCUT2D eigenvalue weighted by atomic mass is 35.5. The van der Waals surface area contributed by atoms with Crippen molar-refractivity contribution < 1.29 is 23.4 Å². The molecule has 0 unspecified atom stereocenters. The fourth-order valence-corrected chi connectivity index (χ4v) is 1.75. The predicted molar refractivity (Wildman–Crippen MR) is 61.5 cm³/mol.